The molecule has 1 atom stereocenters. The number of hydrogen-bond donors (Lipinski definition) is 3. The van der Waals surface area contributed by atoms with Crippen molar-refractivity contribution in [3.63, 3.8) is 0 Å². The average molecular weight is 540 g/mol. The van der Waals surface area contributed by atoms with Crippen molar-refractivity contribution in [1.82, 2.24) is 15.5 Å². The van der Waals surface area contributed by atoms with Crippen molar-refractivity contribution in [3.8, 4) is 11.1 Å². The van der Waals surface area contributed by atoms with Crippen LogP contribution >= 0.6 is 0 Å². The highest BCUT2D eigenvalue weighted by molar-refractivity contribution is 5.82. The van der Waals surface area contributed by atoms with Crippen LogP contribution < -0.4 is 10.6 Å². The summed E-state index contributed by atoms with van der Waals surface area (Å²) >= 11 is 0. The number of carboxylic acids is 1. The van der Waals surface area contributed by atoms with Crippen LogP contribution in [-0.4, -0.2) is 72.5 Å². The van der Waals surface area contributed by atoms with E-state index in [9.17, 15) is 24.3 Å². The maximum atomic E-state index is 12.5. The summed E-state index contributed by atoms with van der Waals surface area (Å²) in [5.41, 5.74) is 3.69. The highest BCUT2D eigenvalue weighted by Crippen LogP contribution is 2.44. The number of carbonyl (C=O) groups excluding carboxylic acids is 3. The van der Waals surface area contributed by atoms with E-state index in [1.807, 2.05) is 48.5 Å². The lowest BCUT2D eigenvalue weighted by molar-refractivity contribution is -0.139. The van der Waals surface area contributed by atoms with Crippen molar-refractivity contribution in [2.24, 2.45) is 0 Å². The fourth-order valence-electron chi connectivity index (χ4n) is 4.38. The van der Waals surface area contributed by atoms with E-state index < -0.39 is 29.8 Å². The number of alkyl carbamates (subject to hydrolysis) is 1. The first-order valence-electron chi connectivity index (χ1n) is 13.0. The number of hydrogen-bond acceptors (Lipinski definition) is 6. The molecule has 10 nitrogen and oxygen atoms in total. The second-order valence-electron chi connectivity index (χ2n) is 10.5. The molecule has 0 saturated carbocycles. The highest BCUT2D eigenvalue weighted by Gasteiger charge is 2.30. The fraction of sp³-hybridized carbons (Fsp3) is 0.448. The van der Waals surface area contributed by atoms with Gasteiger partial charge in [0.15, 0.2) is 0 Å². The number of rotatable bonds is 11. The minimum atomic E-state index is -1.27. The summed E-state index contributed by atoms with van der Waals surface area (Å²) in [5.74, 6) is -1.75. The zero-order valence-electron chi connectivity index (χ0n) is 22.9. The van der Waals surface area contributed by atoms with Crippen molar-refractivity contribution in [1.29, 1.82) is 0 Å². The summed E-state index contributed by atoms with van der Waals surface area (Å²) < 4.78 is 10.7. The first-order valence-corrected chi connectivity index (χ1v) is 13.0. The van der Waals surface area contributed by atoms with Crippen LogP contribution in [0.1, 0.15) is 57.1 Å². The third-order valence-corrected chi connectivity index (χ3v) is 6.29. The molecule has 2 aromatic carbocycles. The number of nitrogens with one attached hydrogen (secondary N) is 2. The van der Waals surface area contributed by atoms with Gasteiger partial charge in [-0.3, -0.25) is 4.79 Å². The lowest BCUT2D eigenvalue weighted by atomic mass is 9.98. The standard InChI is InChI=1S/C29H37N3O7/c1-29(2,3)39-28(37)32(4)17-9-16-30-25(33)15-14-24(26(34)35)31-27(36)38-18-23-21-12-7-5-10-19(21)20-11-6-8-13-22(20)23/h5-8,10-13,23-24H,9,14-18H2,1-4H3,(H,30,33)(H,31,36)(H,34,35)/t24-/m0/s1. The Hall–Kier alpha value is -4.08. The molecule has 0 spiro atoms. The van der Waals surface area contributed by atoms with Crippen molar-refractivity contribution in [2.75, 3.05) is 26.7 Å². The highest BCUT2D eigenvalue weighted by atomic mass is 16.6. The molecule has 3 N–H and O–H groups in total. The molecule has 2 aromatic rings. The number of aliphatic carboxylic acids is 1. The Labute approximate surface area is 228 Å². The van der Waals surface area contributed by atoms with Gasteiger partial charge in [-0.25, -0.2) is 14.4 Å². The SMILES string of the molecule is CN(CCCNC(=O)CC[C@H](NC(=O)OCC1c2ccccc2-c2ccccc21)C(=O)O)C(=O)OC(C)(C)C. The van der Waals surface area contributed by atoms with Crippen molar-refractivity contribution in [2.45, 2.75) is 57.6 Å². The molecule has 0 aliphatic heterocycles. The van der Waals surface area contributed by atoms with Crippen LogP contribution in [-0.2, 0) is 19.1 Å². The number of carboxylic acid groups (broad SMARTS) is 1. The van der Waals surface area contributed by atoms with Crippen LogP contribution in [0.2, 0.25) is 0 Å². The number of ether oxygens (including phenoxy) is 2. The monoisotopic (exact) mass is 539 g/mol. The lowest BCUT2D eigenvalue weighted by Crippen LogP contribution is -2.42. The number of benzene rings is 2. The Morgan fingerprint density at radius 2 is 1.59 bits per heavy atom. The van der Waals surface area contributed by atoms with Gasteiger partial charge in [-0.2, -0.15) is 0 Å². The Kier molecular flexibility index (Phi) is 9.92. The molecule has 1 aliphatic carbocycles. The predicted molar refractivity (Wildman–Crippen MR) is 145 cm³/mol. The van der Waals surface area contributed by atoms with E-state index >= 15 is 0 Å². The fourth-order valence-corrected chi connectivity index (χ4v) is 4.38. The normalized spacial score (nSPS) is 13.0. The summed E-state index contributed by atoms with van der Waals surface area (Å²) in [4.78, 5) is 49.7. The maximum absolute atomic E-state index is 12.5. The van der Waals surface area contributed by atoms with E-state index in [1.54, 1.807) is 27.8 Å². The Bertz CT molecular complexity index is 1150. The Morgan fingerprint density at radius 1 is 1.00 bits per heavy atom. The zero-order chi connectivity index (χ0) is 28.6. The minimum Gasteiger partial charge on any atom is -0.480 e. The molecular formula is C29H37N3O7. The molecule has 0 unspecified atom stereocenters. The topological polar surface area (TPSA) is 134 Å². The molecule has 0 bridgehead atoms. The van der Waals surface area contributed by atoms with E-state index in [0.717, 1.165) is 22.3 Å². The van der Waals surface area contributed by atoms with Gasteiger partial charge in [0.05, 0.1) is 0 Å². The van der Waals surface area contributed by atoms with Crippen molar-refractivity contribution < 1.29 is 33.8 Å². The number of amides is 3. The van der Waals surface area contributed by atoms with Crippen LogP contribution in [0.4, 0.5) is 9.59 Å². The van der Waals surface area contributed by atoms with E-state index in [0.29, 0.717) is 19.5 Å². The smallest absolute Gasteiger partial charge is 0.410 e. The molecule has 1 aliphatic rings. The third-order valence-electron chi connectivity index (χ3n) is 6.29. The van der Waals surface area contributed by atoms with Gasteiger partial charge in [-0.05, 0) is 55.9 Å². The van der Waals surface area contributed by atoms with Crippen LogP contribution in [0.5, 0.6) is 0 Å². The molecule has 10 heteroatoms. The van der Waals surface area contributed by atoms with E-state index in [-0.39, 0.29) is 31.3 Å². The van der Waals surface area contributed by atoms with Crippen LogP contribution in [0, 0.1) is 0 Å². The molecule has 0 saturated heterocycles. The lowest BCUT2D eigenvalue weighted by Gasteiger charge is -2.24. The second-order valence-corrected chi connectivity index (χ2v) is 10.5. The molecule has 3 rings (SSSR count). The van der Waals surface area contributed by atoms with E-state index in [4.69, 9.17) is 9.47 Å². The molecule has 0 fully saturated rings. The van der Waals surface area contributed by atoms with Gasteiger partial charge in [0.1, 0.15) is 18.2 Å². The minimum absolute atomic E-state index is 0.0599. The summed E-state index contributed by atoms with van der Waals surface area (Å²) in [5, 5.41) is 14.6. The quantitative estimate of drug-likeness (QED) is 0.366. The van der Waals surface area contributed by atoms with E-state index in [2.05, 4.69) is 10.6 Å². The van der Waals surface area contributed by atoms with Gasteiger partial charge < -0.3 is 30.1 Å². The van der Waals surface area contributed by atoms with Crippen LogP contribution in [0.3, 0.4) is 0 Å². The average Bonchev–Trinajstić information content (AvgIpc) is 3.20. The van der Waals surface area contributed by atoms with E-state index in [1.165, 1.54) is 4.90 Å². The van der Waals surface area contributed by atoms with Gasteiger partial charge in [0.25, 0.3) is 0 Å². The second kappa shape index (κ2) is 13.1. The zero-order valence-corrected chi connectivity index (χ0v) is 22.9. The van der Waals surface area contributed by atoms with Gasteiger partial charge >= 0.3 is 18.2 Å². The Balaban J connectivity index is 1.41. The number of nitrogens with zero attached hydrogens (tertiary/aromatic N) is 1. The molecule has 0 aromatic heterocycles. The molecule has 39 heavy (non-hydrogen) atoms. The van der Waals surface area contributed by atoms with Crippen LogP contribution in [0.15, 0.2) is 48.5 Å². The molecule has 210 valence electrons. The maximum Gasteiger partial charge on any atom is 0.410 e. The molecular weight excluding hydrogens is 502 g/mol. The summed E-state index contributed by atoms with van der Waals surface area (Å²) in [6.07, 6.45) is -0.986. The molecule has 0 radical (unpaired) electrons. The third kappa shape index (κ3) is 8.46. The summed E-state index contributed by atoms with van der Waals surface area (Å²) in [6, 6.07) is 14.6. The number of carbonyl (C=O) groups is 4. The van der Waals surface area contributed by atoms with Crippen molar-refractivity contribution in [3.05, 3.63) is 59.7 Å². The largest absolute Gasteiger partial charge is 0.480 e. The van der Waals surface area contributed by atoms with Gasteiger partial charge in [-0.1, -0.05) is 48.5 Å². The van der Waals surface area contributed by atoms with Gasteiger partial charge in [0, 0.05) is 32.5 Å². The number of fused-ring (bicyclic) bond motifs is 3. The molecule has 3 amide bonds. The molecule has 0 heterocycles. The van der Waals surface area contributed by atoms with Gasteiger partial charge in [-0.15, -0.1) is 0 Å². The summed E-state index contributed by atoms with van der Waals surface area (Å²) in [7, 11) is 1.61. The Morgan fingerprint density at radius 3 is 2.15 bits per heavy atom. The van der Waals surface area contributed by atoms with Crippen LogP contribution in [0.25, 0.3) is 11.1 Å². The van der Waals surface area contributed by atoms with Gasteiger partial charge in [0.2, 0.25) is 5.91 Å². The predicted octanol–water partition coefficient (Wildman–Crippen LogP) is 4.13. The summed E-state index contributed by atoms with van der Waals surface area (Å²) in [6.45, 7) is 6.10. The first kappa shape index (κ1) is 29.5. The first-order chi connectivity index (χ1) is 18.5. The van der Waals surface area contributed by atoms with Crippen molar-refractivity contribution >= 4 is 24.1 Å².